The lowest BCUT2D eigenvalue weighted by atomic mass is 10.2. The Bertz CT molecular complexity index is 424. The average Bonchev–Trinajstić information content (AvgIpc) is 2.39. The summed E-state index contributed by atoms with van der Waals surface area (Å²) >= 11 is 0. The highest BCUT2D eigenvalue weighted by atomic mass is 16.6. The molecule has 5 nitrogen and oxygen atoms in total. The zero-order chi connectivity index (χ0) is 14.3. The number of rotatable bonds is 7. The quantitative estimate of drug-likeness (QED) is 0.767. The Hall–Kier alpha value is -2.04. The first kappa shape index (κ1) is 15.0. The summed E-state index contributed by atoms with van der Waals surface area (Å²) in [5.74, 6) is -0.940. The SMILES string of the molecule is CCCC(Oc1ccc(C(=O)O)cc1)C(=O)OCC. The molecule has 0 saturated carbocycles. The molecule has 19 heavy (non-hydrogen) atoms. The third-order valence-corrected chi connectivity index (χ3v) is 2.48. The molecule has 0 bridgehead atoms. The van der Waals surface area contributed by atoms with Crippen molar-refractivity contribution in [1.29, 1.82) is 0 Å². The first-order valence-corrected chi connectivity index (χ1v) is 6.25. The molecule has 1 N–H and O–H groups in total. The van der Waals surface area contributed by atoms with Gasteiger partial charge in [-0.05, 0) is 37.6 Å². The van der Waals surface area contributed by atoms with Crippen molar-refractivity contribution in [1.82, 2.24) is 0 Å². The summed E-state index contributed by atoms with van der Waals surface area (Å²) in [5.41, 5.74) is 0.176. The Morgan fingerprint density at radius 2 is 1.84 bits per heavy atom. The van der Waals surface area contributed by atoms with Crippen LogP contribution in [0.4, 0.5) is 0 Å². The molecule has 0 heterocycles. The largest absolute Gasteiger partial charge is 0.479 e. The third-order valence-electron chi connectivity index (χ3n) is 2.48. The van der Waals surface area contributed by atoms with Crippen LogP contribution in [0, 0.1) is 0 Å². The molecule has 1 unspecified atom stereocenters. The minimum absolute atomic E-state index is 0.176. The summed E-state index contributed by atoms with van der Waals surface area (Å²) in [7, 11) is 0. The molecule has 0 spiro atoms. The predicted octanol–water partition coefficient (Wildman–Crippen LogP) is 2.50. The second-order valence-electron chi connectivity index (χ2n) is 3.98. The number of carboxylic acids is 1. The molecule has 0 saturated heterocycles. The monoisotopic (exact) mass is 266 g/mol. The van der Waals surface area contributed by atoms with E-state index in [0.717, 1.165) is 6.42 Å². The van der Waals surface area contributed by atoms with Crippen LogP contribution in [-0.4, -0.2) is 29.8 Å². The Morgan fingerprint density at radius 1 is 1.21 bits per heavy atom. The molecule has 0 aliphatic heterocycles. The van der Waals surface area contributed by atoms with Gasteiger partial charge in [0.2, 0.25) is 0 Å². The van der Waals surface area contributed by atoms with Crippen molar-refractivity contribution in [2.45, 2.75) is 32.8 Å². The van der Waals surface area contributed by atoms with Crippen molar-refractivity contribution in [3.63, 3.8) is 0 Å². The van der Waals surface area contributed by atoms with Crippen LogP contribution in [0.3, 0.4) is 0 Å². The van der Waals surface area contributed by atoms with Crippen LogP contribution >= 0.6 is 0 Å². The molecule has 0 aliphatic carbocycles. The smallest absolute Gasteiger partial charge is 0.347 e. The highest BCUT2D eigenvalue weighted by Gasteiger charge is 2.20. The van der Waals surface area contributed by atoms with Crippen molar-refractivity contribution in [2.75, 3.05) is 6.61 Å². The molecule has 5 heteroatoms. The van der Waals surface area contributed by atoms with Gasteiger partial charge in [0.1, 0.15) is 5.75 Å². The van der Waals surface area contributed by atoms with Crippen LogP contribution in [0.1, 0.15) is 37.0 Å². The Kier molecular flexibility index (Phi) is 5.85. The lowest BCUT2D eigenvalue weighted by Crippen LogP contribution is -2.29. The van der Waals surface area contributed by atoms with Gasteiger partial charge in [0, 0.05) is 0 Å². The number of aromatic carboxylic acids is 1. The number of benzene rings is 1. The average molecular weight is 266 g/mol. The minimum atomic E-state index is -0.998. The Balaban J connectivity index is 2.73. The molecule has 1 rings (SSSR count). The van der Waals surface area contributed by atoms with Crippen LogP contribution in [0.5, 0.6) is 5.75 Å². The number of ether oxygens (including phenoxy) is 2. The van der Waals surface area contributed by atoms with Crippen molar-refractivity contribution in [3.8, 4) is 5.75 Å². The maximum Gasteiger partial charge on any atom is 0.347 e. The van der Waals surface area contributed by atoms with Gasteiger partial charge in [0.05, 0.1) is 12.2 Å². The fourth-order valence-corrected chi connectivity index (χ4v) is 1.56. The number of carboxylic acid groups (broad SMARTS) is 1. The Labute approximate surface area is 112 Å². The molecule has 0 aromatic heterocycles. The fourth-order valence-electron chi connectivity index (χ4n) is 1.56. The summed E-state index contributed by atoms with van der Waals surface area (Å²) in [6, 6.07) is 5.94. The van der Waals surface area contributed by atoms with Crippen LogP contribution in [0.2, 0.25) is 0 Å². The molecule has 1 aromatic carbocycles. The summed E-state index contributed by atoms with van der Waals surface area (Å²) < 4.78 is 10.5. The van der Waals surface area contributed by atoms with Crippen molar-refractivity contribution >= 4 is 11.9 Å². The summed E-state index contributed by atoms with van der Waals surface area (Å²) in [6.07, 6.45) is 0.691. The van der Waals surface area contributed by atoms with Crippen molar-refractivity contribution < 1.29 is 24.2 Å². The van der Waals surface area contributed by atoms with E-state index < -0.39 is 18.0 Å². The van der Waals surface area contributed by atoms with E-state index in [1.54, 1.807) is 6.92 Å². The van der Waals surface area contributed by atoms with Gasteiger partial charge < -0.3 is 14.6 Å². The fraction of sp³-hybridized carbons (Fsp3) is 0.429. The lowest BCUT2D eigenvalue weighted by molar-refractivity contribution is -0.151. The molecule has 0 fully saturated rings. The zero-order valence-electron chi connectivity index (χ0n) is 11.1. The number of carbonyl (C=O) groups is 2. The maximum atomic E-state index is 11.7. The normalized spacial score (nSPS) is 11.7. The van der Waals surface area contributed by atoms with Crippen molar-refractivity contribution in [2.24, 2.45) is 0 Å². The minimum Gasteiger partial charge on any atom is -0.479 e. The highest BCUT2D eigenvalue weighted by molar-refractivity contribution is 5.87. The summed E-state index contributed by atoms with van der Waals surface area (Å²) in [5, 5.41) is 8.79. The predicted molar refractivity (Wildman–Crippen MR) is 69.4 cm³/mol. The van der Waals surface area contributed by atoms with Gasteiger partial charge in [-0.3, -0.25) is 0 Å². The topological polar surface area (TPSA) is 72.8 Å². The van der Waals surface area contributed by atoms with E-state index in [-0.39, 0.29) is 5.56 Å². The summed E-state index contributed by atoms with van der Waals surface area (Å²) in [6.45, 7) is 3.99. The van der Waals surface area contributed by atoms with E-state index in [1.165, 1.54) is 24.3 Å². The second kappa shape index (κ2) is 7.41. The molecule has 1 aromatic rings. The number of esters is 1. The van der Waals surface area contributed by atoms with Gasteiger partial charge in [0.25, 0.3) is 0 Å². The molecule has 104 valence electrons. The van der Waals surface area contributed by atoms with Gasteiger partial charge in [-0.2, -0.15) is 0 Å². The van der Waals surface area contributed by atoms with Crippen LogP contribution < -0.4 is 4.74 Å². The van der Waals surface area contributed by atoms with Crippen molar-refractivity contribution in [3.05, 3.63) is 29.8 Å². The van der Waals surface area contributed by atoms with E-state index in [2.05, 4.69) is 0 Å². The Morgan fingerprint density at radius 3 is 2.32 bits per heavy atom. The number of hydrogen-bond donors (Lipinski definition) is 1. The van der Waals surface area contributed by atoms with E-state index in [4.69, 9.17) is 14.6 Å². The zero-order valence-corrected chi connectivity index (χ0v) is 11.1. The summed E-state index contributed by atoms with van der Waals surface area (Å²) in [4.78, 5) is 22.4. The third kappa shape index (κ3) is 4.62. The molecular weight excluding hydrogens is 248 g/mol. The van der Waals surface area contributed by atoms with Gasteiger partial charge in [0.15, 0.2) is 6.10 Å². The number of hydrogen-bond acceptors (Lipinski definition) is 4. The van der Waals surface area contributed by atoms with Gasteiger partial charge in [-0.25, -0.2) is 9.59 Å². The second-order valence-corrected chi connectivity index (χ2v) is 3.98. The highest BCUT2D eigenvalue weighted by Crippen LogP contribution is 2.16. The first-order chi connectivity index (χ1) is 9.08. The lowest BCUT2D eigenvalue weighted by Gasteiger charge is -2.17. The first-order valence-electron chi connectivity index (χ1n) is 6.25. The molecule has 0 aliphatic rings. The van der Waals surface area contributed by atoms with Crippen LogP contribution in [0.25, 0.3) is 0 Å². The van der Waals surface area contributed by atoms with E-state index in [0.29, 0.717) is 18.8 Å². The van der Waals surface area contributed by atoms with Crippen LogP contribution in [-0.2, 0) is 9.53 Å². The number of carbonyl (C=O) groups excluding carboxylic acids is 1. The van der Waals surface area contributed by atoms with Gasteiger partial charge in [-0.15, -0.1) is 0 Å². The van der Waals surface area contributed by atoms with Gasteiger partial charge >= 0.3 is 11.9 Å². The molecular formula is C14H18O5. The van der Waals surface area contributed by atoms with E-state index in [1.807, 2.05) is 6.92 Å². The van der Waals surface area contributed by atoms with Gasteiger partial charge in [-0.1, -0.05) is 13.3 Å². The molecule has 0 radical (unpaired) electrons. The van der Waals surface area contributed by atoms with Crippen LogP contribution in [0.15, 0.2) is 24.3 Å². The standard InChI is InChI=1S/C14H18O5/c1-3-5-12(14(17)18-4-2)19-11-8-6-10(7-9-11)13(15)16/h6-9,12H,3-5H2,1-2H3,(H,15,16). The maximum absolute atomic E-state index is 11.7. The molecule has 0 amide bonds. The van der Waals surface area contributed by atoms with E-state index in [9.17, 15) is 9.59 Å². The van der Waals surface area contributed by atoms with E-state index >= 15 is 0 Å². The molecule has 1 atom stereocenters.